The van der Waals surface area contributed by atoms with Crippen molar-refractivity contribution in [3.63, 3.8) is 0 Å². The van der Waals surface area contributed by atoms with Crippen molar-refractivity contribution < 1.29 is 0 Å². The first-order valence-corrected chi connectivity index (χ1v) is 17.1. The maximum absolute atomic E-state index is 10.4. The van der Waals surface area contributed by atoms with E-state index in [4.69, 9.17) is 0 Å². The number of benzene rings is 6. The maximum atomic E-state index is 10.4. The lowest BCUT2D eigenvalue weighted by atomic mass is 9.85. The third-order valence-electron chi connectivity index (χ3n) is 10.1. The Morgan fingerprint density at radius 2 is 1.04 bits per heavy atom. The highest BCUT2D eigenvalue weighted by atomic mass is 15.0. The Kier molecular flexibility index (Phi) is 7.00. The lowest BCUT2D eigenvalue weighted by molar-refractivity contribution is 0.590. The van der Waals surface area contributed by atoms with E-state index < -0.39 is 0 Å². The molecule has 2 aromatic heterocycles. The van der Waals surface area contributed by atoms with Crippen LogP contribution in [0.1, 0.15) is 63.8 Å². The third-order valence-corrected chi connectivity index (χ3v) is 10.1. The molecule has 0 N–H and O–H groups in total. The summed E-state index contributed by atoms with van der Waals surface area (Å²) in [5.41, 5.74) is 11.6. The van der Waals surface area contributed by atoms with Crippen LogP contribution in [0.4, 0.5) is 0 Å². The van der Waals surface area contributed by atoms with Crippen molar-refractivity contribution >= 4 is 43.6 Å². The van der Waals surface area contributed by atoms with Gasteiger partial charge in [-0.1, -0.05) is 90.1 Å². The lowest BCUT2D eigenvalue weighted by Crippen LogP contribution is -2.10. The molecule has 0 radical (unpaired) electrons. The Morgan fingerprint density at radius 3 is 1.64 bits per heavy atom. The van der Waals surface area contributed by atoms with Gasteiger partial charge < -0.3 is 9.13 Å². The number of para-hydroxylation sites is 2. The summed E-state index contributed by atoms with van der Waals surface area (Å²) in [7, 11) is 0. The van der Waals surface area contributed by atoms with E-state index in [0.717, 1.165) is 55.3 Å². The van der Waals surface area contributed by atoms with Gasteiger partial charge >= 0.3 is 0 Å². The van der Waals surface area contributed by atoms with Gasteiger partial charge in [0.25, 0.3) is 0 Å². The second-order valence-electron chi connectivity index (χ2n) is 15.4. The van der Waals surface area contributed by atoms with Crippen molar-refractivity contribution in [3.8, 4) is 34.6 Å². The number of hydrogen-bond acceptors (Lipinski definition) is 2. The van der Waals surface area contributed by atoms with Gasteiger partial charge in [-0.05, 0) is 94.8 Å². The number of nitrogens with zero attached hydrogens (tertiary/aromatic N) is 4. The van der Waals surface area contributed by atoms with E-state index in [1.54, 1.807) is 12.1 Å². The summed E-state index contributed by atoms with van der Waals surface area (Å²) in [5.74, 6) is 0. The minimum absolute atomic E-state index is 0.0234. The predicted molar refractivity (Wildman–Crippen MR) is 207 cm³/mol. The Hall–Kier alpha value is -6.10. The smallest absolute Gasteiger partial charge is 0.0998 e. The van der Waals surface area contributed by atoms with Crippen LogP contribution in [0, 0.1) is 22.7 Å². The molecule has 0 aliphatic heterocycles. The van der Waals surface area contributed by atoms with Crippen LogP contribution < -0.4 is 0 Å². The molecule has 4 nitrogen and oxygen atoms in total. The predicted octanol–water partition coefficient (Wildman–Crippen LogP) is 11.9. The largest absolute Gasteiger partial charge is 0.309 e. The van der Waals surface area contributed by atoms with Gasteiger partial charge in [0.1, 0.15) is 0 Å². The third kappa shape index (κ3) is 4.88. The minimum Gasteiger partial charge on any atom is -0.309 e. The van der Waals surface area contributed by atoms with Gasteiger partial charge in [0, 0.05) is 38.4 Å². The van der Waals surface area contributed by atoms with E-state index in [1.165, 1.54) is 21.9 Å². The first kappa shape index (κ1) is 31.2. The first-order chi connectivity index (χ1) is 24.0. The molecule has 0 aliphatic carbocycles. The van der Waals surface area contributed by atoms with E-state index in [0.29, 0.717) is 11.1 Å². The number of nitriles is 2. The zero-order valence-electron chi connectivity index (χ0n) is 29.3. The molecule has 6 aromatic carbocycles. The van der Waals surface area contributed by atoms with Crippen LogP contribution in [0.2, 0.25) is 0 Å². The molecule has 50 heavy (non-hydrogen) atoms. The van der Waals surface area contributed by atoms with E-state index in [-0.39, 0.29) is 10.8 Å². The van der Waals surface area contributed by atoms with E-state index >= 15 is 0 Å². The molecule has 0 bridgehead atoms. The SMILES string of the molecule is CC(C)(C)c1ccc2c(c1)c1cc(C(C)(C)C)ccc1n2-c1cc2c(cc1-c1cc(C#N)ccc1C#N)c1ccccc1n2-c1ccccc1. The molecular formula is C46H38N4. The average molecular weight is 647 g/mol. The number of rotatable bonds is 3. The summed E-state index contributed by atoms with van der Waals surface area (Å²) in [5, 5.41) is 25.0. The van der Waals surface area contributed by atoms with Crippen molar-refractivity contribution in [1.82, 2.24) is 9.13 Å². The van der Waals surface area contributed by atoms with E-state index in [1.807, 2.05) is 12.1 Å². The summed E-state index contributed by atoms with van der Waals surface area (Å²) in [6.07, 6.45) is 0. The molecule has 0 atom stereocenters. The summed E-state index contributed by atoms with van der Waals surface area (Å²) < 4.78 is 4.70. The van der Waals surface area contributed by atoms with Gasteiger partial charge in [-0.2, -0.15) is 10.5 Å². The normalized spacial score (nSPS) is 12.2. The van der Waals surface area contributed by atoms with Crippen molar-refractivity contribution in [3.05, 3.63) is 144 Å². The number of aromatic nitrogens is 2. The van der Waals surface area contributed by atoms with Gasteiger partial charge in [-0.3, -0.25) is 0 Å². The van der Waals surface area contributed by atoms with E-state index in [9.17, 15) is 10.5 Å². The molecule has 8 aromatic rings. The second-order valence-corrected chi connectivity index (χ2v) is 15.4. The highest BCUT2D eigenvalue weighted by Crippen LogP contribution is 2.44. The van der Waals surface area contributed by atoms with Gasteiger partial charge in [0.15, 0.2) is 0 Å². The van der Waals surface area contributed by atoms with Crippen molar-refractivity contribution in [2.24, 2.45) is 0 Å². The maximum Gasteiger partial charge on any atom is 0.0998 e. The van der Waals surface area contributed by atoms with Crippen LogP contribution >= 0.6 is 0 Å². The Bertz CT molecular complexity index is 2660. The van der Waals surface area contributed by atoms with Gasteiger partial charge in [-0.15, -0.1) is 0 Å². The molecule has 0 aliphatic rings. The molecule has 4 heteroatoms. The van der Waals surface area contributed by atoms with Crippen LogP contribution in [-0.2, 0) is 10.8 Å². The molecule has 0 saturated heterocycles. The summed E-state index contributed by atoms with van der Waals surface area (Å²) in [6, 6.07) is 47.3. The molecule has 0 fully saturated rings. The van der Waals surface area contributed by atoms with Crippen molar-refractivity contribution in [1.29, 1.82) is 10.5 Å². The quantitative estimate of drug-likeness (QED) is 0.192. The zero-order chi connectivity index (χ0) is 34.9. The Balaban J connectivity index is 1.59. The van der Waals surface area contributed by atoms with Crippen LogP contribution in [0.3, 0.4) is 0 Å². The molecule has 2 heterocycles. The highest BCUT2D eigenvalue weighted by molar-refractivity contribution is 6.14. The average Bonchev–Trinajstić information content (AvgIpc) is 3.62. The van der Waals surface area contributed by atoms with Gasteiger partial charge in [0.2, 0.25) is 0 Å². The molecule has 8 rings (SSSR count). The fraction of sp³-hybridized carbons (Fsp3) is 0.174. The van der Waals surface area contributed by atoms with Crippen LogP contribution in [0.25, 0.3) is 66.1 Å². The standard InChI is InChI=1S/C46H38N4/c1-45(2,3)31-18-20-41-36(23-31)37-24-32(46(4,5)6)19-21-42(37)50(41)44-26-43-38(25-39(44)35-22-29(27-47)16-17-30(35)28-48)34-14-10-11-15-40(34)49(43)33-12-8-7-9-13-33/h7-26H,1-6H3. The van der Waals surface area contributed by atoms with Crippen molar-refractivity contribution in [2.45, 2.75) is 52.4 Å². The monoisotopic (exact) mass is 646 g/mol. The number of hydrogen-bond donors (Lipinski definition) is 0. The first-order valence-electron chi connectivity index (χ1n) is 17.1. The zero-order valence-corrected chi connectivity index (χ0v) is 29.3. The van der Waals surface area contributed by atoms with Crippen LogP contribution in [-0.4, -0.2) is 9.13 Å². The fourth-order valence-electron chi connectivity index (χ4n) is 7.41. The topological polar surface area (TPSA) is 57.4 Å². The van der Waals surface area contributed by atoms with Gasteiger partial charge in [0.05, 0.1) is 51.0 Å². The molecule has 0 spiro atoms. The molecule has 0 saturated carbocycles. The van der Waals surface area contributed by atoms with Crippen molar-refractivity contribution in [2.75, 3.05) is 0 Å². The molecular weight excluding hydrogens is 609 g/mol. The lowest BCUT2D eigenvalue weighted by Gasteiger charge is -2.20. The second kappa shape index (κ2) is 11.2. The van der Waals surface area contributed by atoms with E-state index in [2.05, 4.69) is 160 Å². The summed E-state index contributed by atoms with van der Waals surface area (Å²) in [6.45, 7) is 13.5. The summed E-state index contributed by atoms with van der Waals surface area (Å²) in [4.78, 5) is 0. The Labute approximate surface area is 293 Å². The Morgan fingerprint density at radius 1 is 0.460 bits per heavy atom. The minimum atomic E-state index is -0.0234. The van der Waals surface area contributed by atoms with Crippen LogP contribution in [0.15, 0.2) is 121 Å². The molecule has 0 unspecified atom stereocenters. The van der Waals surface area contributed by atoms with Gasteiger partial charge in [-0.25, -0.2) is 0 Å². The van der Waals surface area contributed by atoms with Crippen LogP contribution in [0.5, 0.6) is 0 Å². The molecule has 242 valence electrons. The highest BCUT2D eigenvalue weighted by Gasteiger charge is 2.24. The molecule has 0 amide bonds. The summed E-state index contributed by atoms with van der Waals surface area (Å²) >= 11 is 0. The number of fused-ring (bicyclic) bond motifs is 6. The fourth-order valence-corrected chi connectivity index (χ4v) is 7.41.